The van der Waals surface area contributed by atoms with Gasteiger partial charge >= 0.3 is 0 Å². The zero-order valence-electron chi connectivity index (χ0n) is 13.3. The number of benzene rings is 4. The molecule has 0 saturated carbocycles. The van der Waals surface area contributed by atoms with Crippen LogP contribution in [0.2, 0.25) is 0 Å². The number of fused-ring (bicyclic) bond motifs is 6. The minimum Gasteiger partial charge on any atom is -0.192 e. The van der Waals surface area contributed by atoms with Crippen molar-refractivity contribution in [3.05, 3.63) is 72.8 Å². The minimum absolute atomic E-state index is 0.910. The molecule has 0 aliphatic carbocycles. The fourth-order valence-electron chi connectivity index (χ4n) is 3.93. The van der Waals surface area contributed by atoms with Gasteiger partial charge in [0.05, 0.1) is 0 Å². The summed E-state index contributed by atoms with van der Waals surface area (Å²) in [6.45, 7) is 0. The lowest BCUT2D eigenvalue weighted by molar-refractivity contribution is 1.47. The van der Waals surface area contributed by atoms with Gasteiger partial charge in [-0.1, -0.05) is 48.5 Å². The molecule has 1 aliphatic heterocycles. The van der Waals surface area contributed by atoms with Crippen LogP contribution in [-0.2, 0) is 0 Å². The molecular formula is C22H18S. The highest BCUT2D eigenvalue weighted by molar-refractivity contribution is 8.33. The summed E-state index contributed by atoms with van der Waals surface area (Å²) in [7, 11) is -0.910. The summed E-state index contributed by atoms with van der Waals surface area (Å²) in [4.78, 5) is 3.05. The molecule has 4 aromatic carbocycles. The predicted octanol–water partition coefficient (Wildman–Crippen LogP) is 6.46. The molecule has 0 unspecified atom stereocenters. The van der Waals surface area contributed by atoms with Crippen molar-refractivity contribution in [2.45, 2.75) is 9.79 Å². The van der Waals surface area contributed by atoms with E-state index in [2.05, 4.69) is 85.3 Å². The summed E-state index contributed by atoms with van der Waals surface area (Å²) in [6, 6.07) is 27.0. The summed E-state index contributed by atoms with van der Waals surface area (Å²) in [6.07, 6.45) is 4.84. The minimum atomic E-state index is -0.910. The molecule has 1 heterocycles. The molecule has 0 atom stereocenters. The third kappa shape index (κ3) is 1.69. The van der Waals surface area contributed by atoms with Gasteiger partial charge in [-0.3, -0.25) is 0 Å². The van der Waals surface area contributed by atoms with Crippen LogP contribution >= 0.6 is 10.0 Å². The van der Waals surface area contributed by atoms with Crippen molar-refractivity contribution in [3.63, 3.8) is 0 Å². The van der Waals surface area contributed by atoms with Gasteiger partial charge in [-0.15, -0.1) is 0 Å². The maximum atomic E-state index is 2.42. The maximum absolute atomic E-state index is 2.42. The lowest BCUT2D eigenvalue weighted by atomic mass is 9.96. The molecule has 23 heavy (non-hydrogen) atoms. The molecule has 112 valence electrons. The van der Waals surface area contributed by atoms with E-state index >= 15 is 0 Å². The third-order valence-corrected chi connectivity index (χ3v) is 8.00. The van der Waals surface area contributed by atoms with Gasteiger partial charge < -0.3 is 0 Å². The van der Waals surface area contributed by atoms with Gasteiger partial charge in [0.1, 0.15) is 0 Å². The van der Waals surface area contributed by atoms with E-state index in [1.165, 1.54) is 42.5 Å². The Morgan fingerprint density at radius 1 is 0.609 bits per heavy atom. The second-order valence-electron chi connectivity index (χ2n) is 6.68. The van der Waals surface area contributed by atoms with Gasteiger partial charge in [0.2, 0.25) is 0 Å². The zero-order chi connectivity index (χ0) is 15.6. The summed E-state index contributed by atoms with van der Waals surface area (Å²) in [5.41, 5.74) is 2.90. The average molecular weight is 314 g/mol. The molecule has 0 fully saturated rings. The average Bonchev–Trinajstić information content (AvgIpc) is 2.81. The van der Waals surface area contributed by atoms with Crippen LogP contribution in [0.25, 0.3) is 32.7 Å². The van der Waals surface area contributed by atoms with Crippen LogP contribution in [0.1, 0.15) is 0 Å². The fourth-order valence-corrected chi connectivity index (χ4v) is 6.45. The first-order chi connectivity index (χ1) is 11.2. The Balaban J connectivity index is 1.98. The Labute approximate surface area is 138 Å². The highest BCUT2D eigenvalue weighted by atomic mass is 32.3. The standard InChI is InChI=1S/C22H18S/c1-23(2)20-10-6-5-9-18(20)22-19-14-16-8-4-3-7-15(16)13-17(19)11-12-21(22)23/h3-14H,1-2H3. The van der Waals surface area contributed by atoms with Crippen LogP contribution in [0.4, 0.5) is 0 Å². The van der Waals surface area contributed by atoms with Gasteiger partial charge in [0.15, 0.2) is 0 Å². The summed E-state index contributed by atoms with van der Waals surface area (Å²) in [5, 5.41) is 5.38. The first-order valence-corrected chi connectivity index (χ1v) is 10.4. The predicted molar refractivity (Wildman–Crippen MR) is 103 cm³/mol. The highest BCUT2D eigenvalue weighted by Crippen LogP contribution is 2.68. The molecular weight excluding hydrogens is 296 g/mol. The quantitative estimate of drug-likeness (QED) is 0.327. The van der Waals surface area contributed by atoms with Crippen molar-refractivity contribution >= 4 is 31.6 Å². The van der Waals surface area contributed by atoms with Crippen LogP contribution < -0.4 is 0 Å². The van der Waals surface area contributed by atoms with Crippen LogP contribution in [0.3, 0.4) is 0 Å². The second-order valence-corrected chi connectivity index (χ2v) is 10.2. The van der Waals surface area contributed by atoms with Crippen LogP contribution in [0.15, 0.2) is 82.6 Å². The maximum Gasteiger partial charge on any atom is 0.00299 e. The Morgan fingerprint density at radius 3 is 2.13 bits per heavy atom. The van der Waals surface area contributed by atoms with Crippen molar-refractivity contribution in [1.29, 1.82) is 0 Å². The summed E-state index contributed by atoms with van der Waals surface area (Å²) in [5.74, 6) is 0. The van der Waals surface area contributed by atoms with Crippen LogP contribution in [0, 0.1) is 0 Å². The monoisotopic (exact) mass is 314 g/mol. The van der Waals surface area contributed by atoms with Crippen molar-refractivity contribution < 1.29 is 0 Å². The molecule has 4 aromatic rings. The summed E-state index contributed by atoms with van der Waals surface area (Å²) < 4.78 is 0. The first kappa shape index (κ1) is 13.2. The van der Waals surface area contributed by atoms with Gasteiger partial charge in [0.25, 0.3) is 0 Å². The molecule has 0 amide bonds. The molecule has 0 bridgehead atoms. The first-order valence-electron chi connectivity index (χ1n) is 7.94. The van der Waals surface area contributed by atoms with E-state index in [1.807, 2.05) is 0 Å². The number of hydrogen-bond donors (Lipinski definition) is 0. The van der Waals surface area contributed by atoms with Crippen LogP contribution in [0.5, 0.6) is 0 Å². The highest BCUT2D eigenvalue weighted by Gasteiger charge is 2.32. The molecule has 0 aromatic heterocycles. The smallest absolute Gasteiger partial charge is 0.00299 e. The second kappa shape index (κ2) is 4.39. The Hall–Kier alpha value is -2.25. The van der Waals surface area contributed by atoms with E-state index in [0.29, 0.717) is 0 Å². The van der Waals surface area contributed by atoms with Gasteiger partial charge in [-0.2, -0.15) is 10.0 Å². The van der Waals surface area contributed by atoms with Crippen LogP contribution in [-0.4, -0.2) is 12.5 Å². The normalized spacial score (nSPS) is 16.3. The van der Waals surface area contributed by atoms with E-state index in [0.717, 1.165) is 0 Å². The summed E-state index contributed by atoms with van der Waals surface area (Å²) >= 11 is 0. The van der Waals surface area contributed by atoms with Crippen molar-refractivity contribution in [2.75, 3.05) is 12.5 Å². The zero-order valence-corrected chi connectivity index (χ0v) is 14.2. The van der Waals surface area contributed by atoms with E-state index in [9.17, 15) is 0 Å². The molecule has 1 aliphatic rings. The lowest BCUT2D eigenvalue weighted by Gasteiger charge is -2.28. The molecule has 0 saturated heterocycles. The van der Waals surface area contributed by atoms with Gasteiger partial charge in [-0.25, -0.2) is 0 Å². The topological polar surface area (TPSA) is 0 Å². The van der Waals surface area contributed by atoms with Crippen molar-refractivity contribution in [1.82, 2.24) is 0 Å². The third-order valence-electron chi connectivity index (χ3n) is 5.10. The molecule has 1 heteroatoms. The van der Waals surface area contributed by atoms with E-state index in [1.54, 1.807) is 0 Å². The number of hydrogen-bond acceptors (Lipinski definition) is 0. The van der Waals surface area contributed by atoms with Gasteiger partial charge in [0, 0.05) is 15.4 Å². The molecule has 0 spiro atoms. The van der Waals surface area contributed by atoms with E-state index < -0.39 is 10.0 Å². The lowest BCUT2D eigenvalue weighted by Crippen LogP contribution is -1.92. The molecule has 0 radical (unpaired) electrons. The molecule has 5 rings (SSSR count). The molecule has 0 N–H and O–H groups in total. The van der Waals surface area contributed by atoms with Crippen molar-refractivity contribution in [2.24, 2.45) is 0 Å². The van der Waals surface area contributed by atoms with E-state index in [4.69, 9.17) is 0 Å². The van der Waals surface area contributed by atoms with Crippen molar-refractivity contribution in [3.8, 4) is 11.1 Å². The Bertz CT molecular complexity index is 1090. The Morgan fingerprint density at radius 2 is 1.30 bits per heavy atom. The SMILES string of the molecule is CS1(C)c2ccccc2-c2c1ccc1cc3ccccc3cc21. The number of rotatable bonds is 0. The van der Waals surface area contributed by atoms with E-state index in [-0.39, 0.29) is 0 Å². The largest absolute Gasteiger partial charge is 0.192 e. The Kier molecular flexibility index (Phi) is 2.52. The fraction of sp³-hybridized carbons (Fsp3) is 0.0909. The van der Waals surface area contributed by atoms with Gasteiger partial charge in [-0.05, 0) is 63.9 Å². The molecule has 0 nitrogen and oxygen atoms in total.